The molecule has 0 amide bonds. The van der Waals surface area contributed by atoms with Crippen LogP contribution in [0.4, 0.5) is 0 Å². The lowest BCUT2D eigenvalue weighted by Gasteiger charge is -2.22. The van der Waals surface area contributed by atoms with E-state index in [2.05, 4.69) is 34.0 Å². The Balaban J connectivity index is 2.03. The van der Waals surface area contributed by atoms with Gasteiger partial charge in [0.1, 0.15) is 0 Å². The van der Waals surface area contributed by atoms with Gasteiger partial charge in [0, 0.05) is 18.1 Å². The lowest BCUT2D eigenvalue weighted by molar-refractivity contribution is 0.331. The Morgan fingerprint density at radius 3 is 3.00 bits per heavy atom. The molecule has 0 aliphatic heterocycles. The van der Waals surface area contributed by atoms with Gasteiger partial charge in [-0.25, -0.2) is 0 Å². The third-order valence-corrected chi connectivity index (χ3v) is 3.93. The molecule has 3 heteroatoms. The van der Waals surface area contributed by atoms with Crippen molar-refractivity contribution in [3.8, 4) is 0 Å². The van der Waals surface area contributed by atoms with Gasteiger partial charge >= 0.3 is 0 Å². The lowest BCUT2D eigenvalue weighted by Crippen LogP contribution is -2.16. The van der Waals surface area contributed by atoms with Crippen molar-refractivity contribution in [1.29, 1.82) is 0 Å². The molecule has 1 aliphatic rings. The number of hydrogen-bond donors (Lipinski definition) is 0. The molecular weight excluding hydrogens is 240 g/mol. The molecule has 78 valence electrons. The molecule has 0 bridgehead atoms. The Kier molecular flexibility index (Phi) is 2.69. The number of alkyl halides is 1. The minimum atomic E-state index is 0.461. The second-order valence-corrected chi connectivity index (χ2v) is 6.10. The summed E-state index contributed by atoms with van der Waals surface area (Å²) in [6.45, 7) is 2.38. The maximum Gasteiger partial charge on any atom is 0.0629 e. The summed E-state index contributed by atoms with van der Waals surface area (Å²) < 4.78 is 1.89. The van der Waals surface area contributed by atoms with Crippen LogP contribution in [0.5, 0.6) is 0 Å². The van der Waals surface area contributed by atoms with E-state index < -0.39 is 0 Å². The molecule has 1 saturated carbocycles. The van der Waals surface area contributed by atoms with Gasteiger partial charge in [-0.15, -0.1) is 0 Å². The van der Waals surface area contributed by atoms with Gasteiger partial charge in [-0.1, -0.05) is 22.9 Å². The van der Waals surface area contributed by atoms with Crippen molar-refractivity contribution in [1.82, 2.24) is 9.78 Å². The third-order valence-electron chi connectivity index (χ3n) is 3.15. The van der Waals surface area contributed by atoms with Crippen molar-refractivity contribution in [2.24, 2.45) is 12.5 Å². The zero-order valence-corrected chi connectivity index (χ0v) is 10.4. The highest BCUT2D eigenvalue weighted by Crippen LogP contribution is 2.43. The van der Waals surface area contributed by atoms with Crippen LogP contribution >= 0.6 is 15.9 Å². The monoisotopic (exact) mass is 256 g/mol. The van der Waals surface area contributed by atoms with Crippen LogP contribution in [0.3, 0.4) is 0 Å². The van der Waals surface area contributed by atoms with E-state index in [1.54, 1.807) is 0 Å². The molecule has 0 spiro atoms. The largest absolute Gasteiger partial charge is 0.276 e. The molecule has 1 heterocycles. The van der Waals surface area contributed by atoms with Crippen molar-refractivity contribution < 1.29 is 0 Å². The predicted molar refractivity (Wildman–Crippen MR) is 61.6 cm³/mol. The van der Waals surface area contributed by atoms with E-state index in [1.807, 2.05) is 17.9 Å². The zero-order chi connectivity index (χ0) is 10.2. The van der Waals surface area contributed by atoms with Gasteiger partial charge in [-0.3, -0.25) is 4.68 Å². The van der Waals surface area contributed by atoms with E-state index in [9.17, 15) is 0 Å². The summed E-state index contributed by atoms with van der Waals surface area (Å²) in [6, 6.07) is 2.13. The minimum Gasteiger partial charge on any atom is -0.276 e. The summed E-state index contributed by atoms with van der Waals surface area (Å²) in [5.74, 6) is 0. The van der Waals surface area contributed by atoms with Crippen LogP contribution < -0.4 is 0 Å². The van der Waals surface area contributed by atoms with Crippen molar-refractivity contribution in [3.05, 3.63) is 18.0 Å². The van der Waals surface area contributed by atoms with E-state index in [0.29, 0.717) is 5.41 Å². The molecule has 0 N–H and O–H groups in total. The molecule has 2 atom stereocenters. The average molecular weight is 257 g/mol. The second kappa shape index (κ2) is 3.69. The Morgan fingerprint density at radius 1 is 1.71 bits per heavy atom. The van der Waals surface area contributed by atoms with Crippen molar-refractivity contribution in [3.63, 3.8) is 0 Å². The fourth-order valence-electron chi connectivity index (χ4n) is 2.40. The van der Waals surface area contributed by atoms with E-state index in [4.69, 9.17) is 0 Å². The molecule has 1 aromatic heterocycles. The molecule has 0 saturated heterocycles. The standard InChI is InChI=1S/C11H17BrN2/c1-11(5-3-9(12)7-11)8-10-4-6-14(2)13-10/h4,6,9H,3,5,7-8H2,1-2H3. The Labute approximate surface area is 93.8 Å². The van der Waals surface area contributed by atoms with Crippen LogP contribution in [0.25, 0.3) is 0 Å². The third kappa shape index (κ3) is 2.19. The van der Waals surface area contributed by atoms with Crippen molar-refractivity contribution >= 4 is 15.9 Å². The molecule has 2 rings (SSSR count). The summed E-state index contributed by atoms with van der Waals surface area (Å²) in [6.07, 6.45) is 7.06. The normalized spacial score (nSPS) is 32.4. The fraction of sp³-hybridized carbons (Fsp3) is 0.727. The van der Waals surface area contributed by atoms with Gasteiger partial charge in [0.2, 0.25) is 0 Å². The quantitative estimate of drug-likeness (QED) is 0.745. The van der Waals surface area contributed by atoms with Gasteiger partial charge in [0.15, 0.2) is 0 Å². The molecule has 0 radical (unpaired) electrons. The molecule has 1 fully saturated rings. The topological polar surface area (TPSA) is 17.8 Å². The SMILES string of the molecule is Cn1ccc(CC2(C)CCC(Br)C2)n1. The first-order valence-electron chi connectivity index (χ1n) is 5.20. The second-order valence-electron chi connectivity index (χ2n) is 4.81. The number of aromatic nitrogens is 2. The van der Waals surface area contributed by atoms with Gasteiger partial charge in [-0.2, -0.15) is 5.10 Å². The Hall–Kier alpha value is -0.310. The molecule has 1 aliphatic carbocycles. The molecule has 1 aromatic rings. The summed E-state index contributed by atoms with van der Waals surface area (Å²) in [7, 11) is 1.98. The average Bonchev–Trinajstić information content (AvgIpc) is 2.60. The summed E-state index contributed by atoms with van der Waals surface area (Å²) in [4.78, 5) is 0.719. The molecule has 0 aromatic carbocycles. The number of rotatable bonds is 2. The van der Waals surface area contributed by atoms with E-state index >= 15 is 0 Å². The number of aryl methyl sites for hydroxylation is 1. The van der Waals surface area contributed by atoms with Gasteiger partial charge in [0.05, 0.1) is 5.69 Å². The predicted octanol–water partition coefficient (Wildman–Crippen LogP) is 2.92. The van der Waals surface area contributed by atoms with Crippen LogP contribution in [-0.2, 0) is 13.5 Å². The minimum absolute atomic E-state index is 0.461. The lowest BCUT2D eigenvalue weighted by atomic mass is 9.84. The van der Waals surface area contributed by atoms with Crippen molar-refractivity contribution in [2.45, 2.75) is 37.4 Å². The first-order valence-corrected chi connectivity index (χ1v) is 6.12. The van der Waals surface area contributed by atoms with Crippen LogP contribution in [0.15, 0.2) is 12.3 Å². The first-order chi connectivity index (χ1) is 6.57. The molecule has 2 nitrogen and oxygen atoms in total. The molecule has 2 unspecified atom stereocenters. The van der Waals surface area contributed by atoms with E-state index in [-0.39, 0.29) is 0 Å². The van der Waals surface area contributed by atoms with Gasteiger partial charge in [-0.05, 0) is 37.2 Å². The number of halogens is 1. The fourth-order valence-corrected chi connectivity index (χ4v) is 3.41. The van der Waals surface area contributed by atoms with Crippen molar-refractivity contribution in [2.75, 3.05) is 0 Å². The summed E-state index contributed by atoms with van der Waals surface area (Å²) in [5, 5.41) is 4.45. The highest BCUT2D eigenvalue weighted by Gasteiger charge is 2.34. The van der Waals surface area contributed by atoms with Gasteiger partial charge < -0.3 is 0 Å². The smallest absolute Gasteiger partial charge is 0.0629 e. The van der Waals surface area contributed by atoms with E-state index in [0.717, 1.165) is 11.2 Å². The maximum absolute atomic E-state index is 4.45. The summed E-state index contributed by atoms with van der Waals surface area (Å²) >= 11 is 3.71. The highest BCUT2D eigenvalue weighted by atomic mass is 79.9. The Bertz CT molecular complexity index is 321. The van der Waals surface area contributed by atoms with Gasteiger partial charge in [0.25, 0.3) is 0 Å². The van der Waals surface area contributed by atoms with Crippen LogP contribution in [0, 0.1) is 5.41 Å². The summed E-state index contributed by atoms with van der Waals surface area (Å²) in [5.41, 5.74) is 1.69. The number of hydrogen-bond acceptors (Lipinski definition) is 1. The molecule has 14 heavy (non-hydrogen) atoms. The van der Waals surface area contributed by atoms with Crippen LogP contribution in [-0.4, -0.2) is 14.6 Å². The Morgan fingerprint density at radius 2 is 2.50 bits per heavy atom. The number of nitrogens with zero attached hydrogens (tertiary/aromatic N) is 2. The molecular formula is C11H17BrN2. The highest BCUT2D eigenvalue weighted by molar-refractivity contribution is 9.09. The van der Waals surface area contributed by atoms with Crippen LogP contribution in [0.1, 0.15) is 31.9 Å². The van der Waals surface area contributed by atoms with Crippen LogP contribution in [0.2, 0.25) is 0 Å². The first kappa shape index (κ1) is 10.2. The zero-order valence-electron chi connectivity index (χ0n) is 8.83. The maximum atomic E-state index is 4.45. The van der Waals surface area contributed by atoms with E-state index in [1.165, 1.54) is 25.0 Å².